The molecule has 15 heavy (non-hydrogen) atoms. The zero-order valence-electron chi connectivity index (χ0n) is 7.48. The van der Waals surface area contributed by atoms with Crippen LogP contribution in [0.15, 0.2) is 41.3 Å². The largest absolute Gasteiger partial charge is 0.744 e. The molecule has 0 amide bonds. The van der Waals surface area contributed by atoms with Gasteiger partial charge in [-0.3, -0.25) is 0 Å². The predicted octanol–water partition coefficient (Wildman–Crippen LogP) is 2.35. The summed E-state index contributed by atoms with van der Waals surface area (Å²) < 4.78 is 33.9. The van der Waals surface area contributed by atoms with Crippen LogP contribution in [0.3, 0.4) is 0 Å². The molecule has 2 aromatic carbocycles. The fourth-order valence-corrected chi connectivity index (χ4v) is 2.78. The maximum atomic E-state index is 11.0. The molecule has 0 atom stereocenters. The minimum Gasteiger partial charge on any atom is -0.744 e. The van der Waals surface area contributed by atoms with Gasteiger partial charge in [-0.15, -0.1) is 0 Å². The van der Waals surface area contributed by atoms with E-state index in [1.165, 1.54) is 6.07 Å². The molecule has 0 N–H and O–H groups in total. The normalized spacial score (nSPS) is 11.9. The maximum Gasteiger partial charge on any atom is 0.125 e. The van der Waals surface area contributed by atoms with E-state index in [-0.39, 0.29) is 4.90 Å². The molecule has 0 aliphatic carbocycles. The van der Waals surface area contributed by atoms with Crippen LogP contribution in [0.5, 0.6) is 0 Å². The topological polar surface area (TPSA) is 57.2 Å². The lowest BCUT2D eigenvalue weighted by atomic mass is 10.1. The van der Waals surface area contributed by atoms with E-state index in [0.717, 1.165) is 8.96 Å². The lowest BCUT2D eigenvalue weighted by molar-refractivity contribution is 0.464. The van der Waals surface area contributed by atoms with Gasteiger partial charge >= 0.3 is 0 Å². The highest BCUT2D eigenvalue weighted by molar-refractivity contribution is 14.1. The lowest BCUT2D eigenvalue weighted by Gasteiger charge is -2.11. The van der Waals surface area contributed by atoms with E-state index in [2.05, 4.69) is 22.6 Å². The van der Waals surface area contributed by atoms with E-state index < -0.39 is 10.1 Å². The van der Waals surface area contributed by atoms with Gasteiger partial charge in [-0.2, -0.15) is 0 Å². The van der Waals surface area contributed by atoms with Crippen LogP contribution in [0.1, 0.15) is 0 Å². The van der Waals surface area contributed by atoms with E-state index >= 15 is 0 Å². The van der Waals surface area contributed by atoms with Crippen molar-refractivity contribution in [3.8, 4) is 0 Å². The Morgan fingerprint density at radius 3 is 2.20 bits per heavy atom. The summed E-state index contributed by atoms with van der Waals surface area (Å²) in [6.45, 7) is 0. The molecule has 0 heterocycles. The van der Waals surface area contributed by atoms with Crippen LogP contribution >= 0.6 is 22.6 Å². The SMILES string of the molecule is O=S(=O)([O-])c1ccc(I)c2ccccc12. The molecule has 0 saturated carbocycles. The van der Waals surface area contributed by atoms with E-state index in [4.69, 9.17) is 0 Å². The van der Waals surface area contributed by atoms with Gasteiger partial charge in [-0.05, 0) is 40.1 Å². The Hall–Kier alpha value is -0.660. The van der Waals surface area contributed by atoms with Gasteiger partial charge in [-0.1, -0.05) is 24.3 Å². The number of fused-ring (bicyclic) bond motifs is 1. The van der Waals surface area contributed by atoms with E-state index in [0.29, 0.717) is 5.39 Å². The summed E-state index contributed by atoms with van der Waals surface area (Å²) in [4.78, 5) is -0.154. The van der Waals surface area contributed by atoms with Crippen molar-refractivity contribution < 1.29 is 13.0 Å². The molecule has 2 aromatic rings. The summed E-state index contributed by atoms with van der Waals surface area (Å²) in [5.41, 5.74) is 0. The fraction of sp³-hybridized carbons (Fsp3) is 0. The molecular weight excluding hydrogens is 327 g/mol. The monoisotopic (exact) mass is 333 g/mol. The first-order valence-corrected chi connectivity index (χ1v) is 6.62. The minimum absolute atomic E-state index is 0.154. The van der Waals surface area contributed by atoms with E-state index in [1.807, 2.05) is 6.07 Å². The number of rotatable bonds is 1. The molecule has 0 unspecified atom stereocenters. The fourth-order valence-electron chi connectivity index (χ4n) is 1.45. The summed E-state index contributed by atoms with van der Waals surface area (Å²) in [6.07, 6.45) is 0. The molecule has 2 rings (SSSR count). The zero-order valence-corrected chi connectivity index (χ0v) is 10.4. The molecule has 0 spiro atoms. The Morgan fingerprint density at radius 2 is 1.60 bits per heavy atom. The first-order chi connectivity index (χ1) is 7.00. The first kappa shape index (κ1) is 10.8. The standard InChI is InChI=1S/C10H7IO3S/c11-9-5-6-10(15(12,13)14)8-4-2-1-3-7(8)9/h1-6H,(H,12,13,14)/p-1. The quantitative estimate of drug-likeness (QED) is 0.595. The van der Waals surface area contributed by atoms with Crippen molar-refractivity contribution in [1.29, 1.82) is 0 Å². The molecule has 0 radical (unpaired) electrons. The molecule has 0 aliphatic heterocycles. The van der Waals surface area contributed by atoms with Crippen LogP contribution in [0.4, 0.5) is 0 Å². The van der Waals surface area contributed by atoms with Gasteiger partial charge in [0.25, 0.3) is 0 Å². The highest BCUT2D eigenvalue weighted by Gasteiger charge is 2.08. The van der Waals surface area contributed by atoms with Gasteiger partial charge in [0.05, 0.1) is 4.90 Å². The van der Waals surface area contributed by atoms with Crippen molar-refractivity contribution in [3.63, 3.8) is 0 Å². The Morgan fingerprint density at radius 1 is 1.00 bits per heavy atom. The van der Waals surface area contributed by atoms with Crippen molar-refractivity contribution in [2.45, 2.75) is 4.90 Å². The lowest BCUT2D eigenvalue weighted by Crippen LogP contribution is -1.99. The Bertz CT molecular complexity index is 620. The minimum atomic E-state index is -4.40. The van der Waals surface area contributed by atoms with Crippen LogP contribution in [0, 0.1) is 3.57 Å². The third kappa shape index (κ3) is 1.99. The van der Waals surface area contributed by atoms with Crippen LogP contribution < -0.4 is 0 Å². The molecule has 5 heteroatoms. The van der Waals surface area contributed by atoms with Crippen LogP contribution in [0.25, 0.3) is 10.8 Å². The number of hydrogen-bond acceptors (Lipinski definition) is 3. The average molecular weight is 333 g/mol. The second-order valence-corrected chi connectivity index (χ2v) is 5.56. The Labute approximate surface area is 101 Å². The molecule has 0 bridgehead atoms. The summed E-state index contributed by atoms with van der Waals surface area (Å²) in [7, 11) is -4.40. The second-order valence-electron chi connectivity index (χ2n) is 3.05. The highest BCUT2D eigenvalue weighted by atomic mass is 127. The zero-order chi connectivity index (χ0) is 11.1. The molecular formula is C10H6IO3S-. The number of hydrogen-bond donors (Lipinski definition) is 0. The van der Waals surface area contributed by atoms with Crippen LogP contribution in [0.2, 0.25) is 0 Å². The molecule has 0 saturated heterocycles. The summed E-state index contributed by atoms with van der Waals surface area (Å²) in [5, 5.41) is 1.27. The first-order valence-electron chi connectivity index (χ1n) is 4.13. The van der Waals surface area contributed by atoms with Crippen molar-refractivity contribution in [2.24, 2.45) is 0 Å². The van der Waals surface area contributed by atoms with Gasteiger partial charge in [0, 0.05) is 8.96 Å². The van der Waals surface area contributed by atoms with E-state index in [9.17, 15) is 13.0 Å². The molecule has 3 nitrogen and oxygen atoms in total. The Balaban J connectivity index is 2.96. The van der Waals surface area contributed by atoms with Crippen molar-refractivity contribution in [1.82, 2.24) is 0 Å². The molecule has 0 fully saturated rings. The predicted molar refractivity (Wildman–Crippen MR) is 64.6 cm³/mol. The smallest absolute Gasteiger partial charge is 0.125 e. The summed E-state index contributed by atoms with van der Waals surface area (Å²) in [5.74, 6) is 0. The van der Waals surface area contributed by atoms with Crippen LogP contribution in [-0.4, -0.2) is 13.0 Å². The van der Waals surface area contributed by atoms with Crippen molar-refractivity contribution in [3.05, 3.63) is 40.0 Å². The van der Waals surface area contributed by atoms with Gasteiger partial charge in [0.1, 0.15) is 10.1 Å². The van der Waals surface area contributed by atoms with Gasteiger partial charge in [0.15, 0.2) is 0 Å². The molecule has 0 aliphatic rings. The van der Waals surface area contributed by atoms with Crippen molar-refractivity contribution in [2.75, 3.05) is 0 Å². The summed E-state index contributed by atoms with van der Waals surface area (Å²) in [6, 6.07) is 9.95. The molecule has 78 valence electrons. The van der Waals surface area contributed by atoms with Gasteiger partial charge in [-0.25, -0.2) is 8.42 Å². The maximum absolute atomic E-state index is 11.0. The average Bonchev–Trinajstić information content (AvgIpc) is 2.17. The third-order valence-corrected chi connectivity index (χ3v) is 3.94. The third-order valence-electron chi connectivity index (χ3n) is 2.10. The number of benzene rings is 2. The number of halogens is 1. The second kappa shape index (κ2) is 3.73. The van der Waals surface area contributed by atoms with Crippen molar-refractivity contribution >= 4 is 43.5 Å². The van der Waals surface area contributed by atoms with Crippen LogP contribution in [-0.2, 0) is 10.1 Å². The van der Waals surface area contributed by atoms with E-state index in [1.54, 1.807) is 24.3 Å². The van der Waals surface area contributed by atoms with Gasteiger partial charge < -0.3 is 4.55 Å². The molecule has 0 aromatic heterocycles. The van der Waals surface area contributed by atoms with Gasteiger partial charge in [0.2, 0.25) is 0 Å². The highest BCUT2D eigenvalue weighted by Crippen LogP contribution is 2.26. The Kier molecular flexibility index (Phi) is 2.70. The summed E-state index contributed by atoms with van der Waals surface area (Å²) >= 11 is 2.11.